The number of hydrogen-bond acceptors (Lipinski definition) is 3. The van der Waals surface area contributed by atoms with Crippen molar-refractivity contribution in [2.45, 2.75) is 33.1 Å². The molecule has 26 heavy (non-hydrogen) atoms. The molecule has 0 spiro atoms. The molecule has 0 saturated carbocycles. The van der Waals surface area contributed by atoms with Crippen LogP contribution in [0.1, 0.15) is 31.4 Å². The Morgan fingerprint density at radius 2 is 1.92 bits per heavy atom. The third-order valence-electron chi connectivity index (χ3n) is 4.45. The lowest BCUT2D eigenvalue weighted by Crippen LogP contribution is -2.36. The summed E-state index contributed by atoms with van der Waals surface area (Å²) in [5.74, 6) is 1.45. The molecule has 5 heteroatoms. The van der Waals surface area contributed by atoms with Crippen molar-refractivity contribution >= 4 is 29.7 Å². The SMILES string of the molecule is CC(C)COc1ccc(CC(=O)N2CCCc3c(N)cccc32)cc1.Cl. The Hall–Kier alpha value is -2.20. The quantitative estimate of drug-likeness (QED) is 0.796. The van der Waals surface area contributed by atoms with E-state index in [9.17, 15) is 4.79 Å². The number of nitrogen functional groups attached to an aromatic ring is 1. The molecule has 1 amide bonds. The molecule has 0 saturated heterocycles. The first-order valence-corrected chi connectivity index (χ1v) is 8.94. The molecular weight excluding hydrogens is 348 g/mol. The molecule has 0 bridgehead atoms. The van der Waals surface area contributed by atoms with Gasteiger partial charge in [0.2, 0.25) is 5.91 Å². The van der Waals surface area contributed by atoms with E-state index in [2.05, 4.69) is 13.8 Å². The standard InChI is InChI=1S/C21H26N2O2.ClH/c1-15(2)14-25-17-10-8-16(9-11-17)13-21(24)23-12-4-5-18-19(22)6-3-7-20(18)23;/h3,6-11,15H,4-5,12-14,22H2,1-2H3;1H. The Morgan fingerprint density at radius 3 is 2.62 bits per heavy atom. The summed E-state index contributed by atoms with van der Waals surface area (Å²) in [4.78, 5) is 14.7. The third kappa shape index (κ3) is 4.70. The number of benzene rings is 2. The van der Waals surface area contributed by atoms with Gasteiger partial charge < -0.3 is 15.4 Å². The molecule has 0 aromatic heterocycles. The van der Waals surface area contributed by atoms with Gasteiger partial charge in [-0.3, -0.25) is 4.79 Å². The van der Waals surface area contributed by atoms with Crippen molar-refractivity contribution in [1.82, 2.24) is 0 Å². The van der Waals surface area contributed by atoms with Gasteiger partial charge in [0, 0.05) is 17.9 Å². The van der Waals surface area contributed by atoms with Crippen LogP contribution >= 0.6 is 12.4 Å². The Balaban J connectivity index is 0.00000243. The number of carbonyl (C=O) groups is 1. The van der Waals surface area contributed by atoms with Crippen LogP contribution in [-0.2, 0) is 17.6 Å². The first-order valence-electron chi connectivity index (χ1n) is 8.94. The van der Waals surface area contributed by atoms with Crippen LogP contribution in [0.5, 0.6) is 5.75 Å². The Labute approximate surface area is 161 Å². The third-order valence-corrected chi connectivity index (χ3v) is 4.45. The van der Waals surface area contributed by atoms with Crippen LogP contribution in [0.25, 0.3) is 0 Å². The fourth-order valence-electron chi connectivity index (χ4n) is 3.15. The Bertz CT molecular complexity index is 744. The molecule has 3 rings (SSSR count). The van der Waals surface area contributed by atoms with Crippen molar-refractivity contribution in [3.8, 4) is 5.75 Å². The zero-order valence-electron chi connectivity index (χ0n) is 15.4. The number of nitrogens with two attached hydrogens (primary N) is 1. The van der Waals surface area contributed by atoms with Gasteiger partial charge in [0.05, 0.1) is 13.0 Å². The fourth-order valence-corrected chi connectivity index (χ4v) is 3.15. The predicted molar refractivity (Wildman–Crippen MR) is 109 cm³/mol. The van der Waals surface area contributed by atoms with Crippen molar-refractivity contribution in [3.63, 3.8) is 0 Å². The van der Waals surface area contributed by atoms with E-state index in [0.717, 1.165) is 47.6 Å². The second-order valence-electron chi connectivity index (χ2n) is 7.02. The monoisotopic (exact) mass is 374 g/mol. The number of amides is 1. The topological polar surface area (TPSA) is 55.6 Å². The summed E-state index contributed by atoms with van der Waals surface area (Å²) in [7, 11) is 0. The number of ether oxygens (including phenoxy) is 1. The van der Waals surface area contributed by atoms with Crippen LogP contribution in [0.2, 0.25) is 0 Å². The molecule has 1 aliphatic heterocycles. The smallest absolute Gasteiger partial charge is 0.231 e. The predicted octanol–water partition coefficient (Wildman–Crippen LogP) is 4.25. The number of rotatable bonds is 5. The molecule has 2 aromatic rings. The molecule has 0 aliphatic carbocycles. The van der Waals surface area contributed by atoms with Gasteiger partial charge in [-0.25, -0.2) is 0 Å². The molecular formula is C21H27ClN2O2. The van der Waals surface area contributed by atoms with Crippen molar-refractivity contribution in [1.29, 1.82) is 0 Å². The largest absolute Gasteiger partial charge is 0.493 e. The normalized spacial score (nSPS) is 13.1. The fraction of sp³-hybridized carbons (Fsp3) is 0.381. The summed E-state index contributed by atoms with van der Waals surface area (Å²) < 4.78 is 5.69. The van der Waals surface area contributed by atoms with E-state index in [1.807, 2.05) is 47.4 Å². The van der Waals surface area contributed by atoms with Gasteiger partial charge in [-0.05, 0) is 54.2 Å². The summed E-state index contributed by atoms with van der Waals surface area (Å²) >= 11 is 0. The average molecular weight is 375 g/mol. The van der Waals surface area contributed by atoms with Gasteiger partial charge >= 0.3 is 0 Å². The molecule has 0 radical (unpaired) electrons. The maximum absolute atomic E-state index is 12.8. The summed E-state index contributed by atoms with van der Waals surface area (Å²) in [6.45, 7) is 5.70. The zero-order chi connectivity index (χ0) is 17.8. The summed E-state index contributed by atoms with van der Waals surface area (Å²) in [6.07, 6.45) is 2.28. The average Bonchev–Trinajstić information content (AvgIpc) is 2.61. The van der Waals surface area contributed by atoms with E-state index in [-0.39, 0.29) is 18.3 Å². The van der Waals surface area contributed by atoms with Gasteiger partial charge in [0.1, 0.15) is 5.75 Å². The summed E-state index contributed by atoms with van der Waals surface area (Å²) in [6, 6.07) is 13.6. The first-order chi connectivity index (χ1) is 12.0. The lowest BCUT2D eigenvalue weighted by Gasteiger charge is -2.30. The van der Waals surface area contributed by atoms with E-state index < -0.39 is 0 Å². The number of fused-ring (bicyclic) bond motifs is 1. The lowest BCUT2D eigenvalue weighted by molar-refractivity contribution is -0.118. The summed E-state index contributed by atoms with van der Waals surface area (Å²) in [5, 5.41) is 0. The van der Waals surface area contributed by atoms with E-state index >= 15 is 0 Å². The highest BCUT2D eigenvalue weighted by Gasteiger charge is 2.23. The summed E-state index contributed by atoms with van der Waals surface area (Å²) in [5.41, 5.74) is 9.91. The zero-order valence-corrected chi connectivity index (χ0v) is 16.2. The number of hydrogen-bond donors (Lipinski definition) is 1. The van der Waals surface area contributed by atoms with Crippen LogP contribution in [-0.4, -0.2) is 19.1 Å². The Morgan fingerprint density at radius 1 is 1.19 bits per heavy atom. The van der Waals surface area contributed by atoms with Crippen LogP contribution in [0.15, 0.2) is 42.5 Å². The van der Waals surface area contributed by atoms with Gasteiger partial charge in [-0.2, -0.15) is 0 Å². The minimum atomic E-state index is 0. The second kappa shape index (κ2) is 8.95. The van der Waals surface area contributed by atoms with E-state index in [4.69, 9.17) is 10.5 Å². The van der Waals surface area contributed by atoms with Gasteiger partial charge in [-0.15, -0.1) is 12.4 Å². The van der Waals surface area contributed by atoms with Crippen molar-refractivity contribution in [2.24, 2.45) is 5.92 Å². The van der Waals surface area contributed by atoms with Crippen molar-refractivity contribution in [2.75, 3.05) is 23.8 Å². The second-order valence-corrected chi connectivity index (χ2v) is 7.02. The van der Waals surface area contributed by atoms with Crippen molar-refractivity contribution in [3.05, 3.63) is 53.6 Å². The molecule has 0 unspecified atom stereocenters. The molecule has 1 heterocycles. The van der Waals surface area contributed by atoms with Crippen LogP contribution in [0.3, 0.4) is 0 Å². The van der Waals surface area contributed by atoms with Crippen molar-refractivity contribution < 1.29 is 9.53 Å². The van der Waals surface area contributed by atoms with Crippen LogP contribution < -0.4 is 15.4 Å². The van der Waals surface area contributed by atoms with E-state index in [1.54, 1.807) is 0 Å². The molecule has 0 fully saturated rings. The maximum Gasteiger partial charge on any atom is 0.231 e. The highest BCUT2D eigenvalue weighted by molar-refractivity contribution is 5.96. The van der Waals surface area contributed by atoms with E-state index in [1.165, 1.54) is 0 Å². The molecule has 2 aromatic carbocycles. The van der Waals surface area contributed by atoms with Gasteiger partial charge in [-0.1, -0.05) is 32.0 Å². The Kier molecular flexibility index (Phi) is 6.92. The number of halogens is 1. The number of carbonyl (C=O) groups excluding carboxylic acids is 1. The molecule has 1 aliphatic rings. The van der Waals surface area contributed by atoms with Gasteiger partial charge in [0.15, 0.2) is 0 Å². The first kappa shape index (κ1) is 20.1. The number of anilines is 2. The molecule has 140 valence electrons. The minimum absolute atomic E-state index is 0. The maximum atomic E-state index is 12.8. The molecule has 2 N–H and O–H groups in total. The number of nitrogens with zero attached hydrogens (tertiary/aromatic N) is 1. The molecule has 4 nitrogen and oxygen atoms in total. The van der Waals surface area contributed by atoms with Crippen LogP contribution in [0.4, 0.5) is 11.4 Å². The van der Waals surface area contributed by atoms with Gasteiger partial charge in [0.25, 0.3) is 0 Å². The lowest BCUT2D eigenvalue weighted by atomic mass is 9.99. The van der Waals surface area contributed by atoms with E-state index in [0.29, 0.717) is 18.9 Å². The van der Waals surface area contributed by atoms with Crippen LogP contribution in [0, 0.1) is 5.92 Å². The highest BCUT2D eigenvalue weighted by atomic mass is 35.5. The molecule has 0 atom stereocenters. The minimum Gasteiger partial charge on any atom is -0.493 e. The highest BCUT2D eigenvalue weighted by Crippen LogP contribution is 2.31.